The summed E-state index contributed by atoms with van der Waals surface area (Å²) < 4.78 is 20.3. The highest BCUT2D eigenvalue weighted by Crippen LogP contribution is 2.14. The van der Waals surface area contributed by atoms with Crippen LogP contribution in [0.2, 0.25) is 0 Å². The van der Waals surface area contributed by atoms with Gasteiger partial charge in [0.15, 0.2) is 0 Å². The summed E-state index contributed by atoms with van der Waals surface area (Å²) >= 11 is 0. The molecular weight excluding hydrogens is 420 g/mol. The average Bonchev–Trinajstić information content (AvgIpc) is 2.73. The molecule has 0 amide bonds. The van der Waals surface area contributed by atoms with Gasteiger partial charge < -0.3 is 24.1 Å². The molecule has 0 spiro atoms. The van der Waals surface area contributed by atoms with Crippen LogP contribution in [-0.4, -0.2) is 60.5 Å². The zero-order valence-electron chi connectivity index (χ0n) is 19.0. The Kier molecular flexibility index (Phi) is 12.0. The Morgan fingerprint density at radius 1 is 0.781 bits per heavy atom. The molecule has 0 bridgehead atoms. The van der Waals surface area contributed by atoms with Crippen molar-refractivity contribution in [2.24, 2.45) is 0 Å². The third-order valence-corrected chi connectivity index (χ3v) is 3.99. The molecule has 0 fully saturated rings. The number of ether oxygens (including phenoxy) is 4. The zero-order valence-corrected chi connectivity index (χ0v) is 19.0. The molecule has 9 heteroatoms. The van der Waals surface area contributed by atoms with Gasteiger partial charge in [-0.25, -0.2) is 9.59 Å². The van der Waals surface area contributed by atoms with Crippen LogP contribution in [0.3, 0.4) is 0 Å². The molecule has 1 aromatic rings. The maximum atomic E-state index is 12.4. The maximum absolute atomic E-state index is 12.4. The number of aliphatic hydroxyl groups is 1. The molecule has 178 valence electrons. The van der Waals surface area contributed by atoms with Crippen LogP contribution in [0.4, 0.5) is 0 Å². The van der Waals surface area contributed by atoms with E-state index in [1.54, 1.807) is 32.9 Å². The Labute approximate surface area is 188 Å². The molecule has 0 saturated heterocycles. The first-order valence-electron chi connectivity index (χ1n) is 10.6. The minimum absolute atomic E-state index is 0.0551. The normalized spacial score (nSPS) is 12.6. The second-order valence-electron chi connectivity index (χ2n) is 7.64. The summed E-state index contributed by atoms with van der Waals surface area (Å²) in [5.41, 5.74) is 0.168. The zero-order chi connectivity index (χ0) is 24.1. The molecule has 0 radical (unpaired) electrons. The van der Waals surface area contributed by atoms with Crippen molar-refractivity contribution in [2.45, 2.75) is 71.7 Å². The van der Waals surface area contributed by atoms with Crippen molar-refractivity contribution in [1.82, 2.24) is 0 Å². The van der Waals surface area contributed by atoms with Crippen molar-refractivity contribution in [2.75, 3.05) is 13.2 Å². The van der Waals surface area contributed by atoms with Crippen molar-refractivity contribution in [1.29, 1.82) is 0 Å². The number of rotatable bonds is 13. The smallest absolute Gasteiger partial charge is 0.339 e. The monoisotopic (exact) mass is 452 g/mol. The van der Waals surface area contributed by atoms with Gasteiger partial charge in [0.05, 0.1) is 23.3 Å². The van der Waals surface area contributed by atoms with Gasteiger partial charge in [-0.2, -0.15) is 0 Å². The minimum atomic E-state index is -0.722. The van der Waals surface area contributed by atoms with Crippen LogP contribution >= 0.6 is 0 Å². The van der Waals surface area contributed by atoms with E-state index in [4.69, 9.17) is 24.1 Å². The Hall–Kier alpha value is -2.94. The lowest BCUT2D eigenvalue weighted by Crippen LogP contribution is -2.23. The molecule has 1 aromatic carbocycles. The van der Waals surface area contributed by atoms with Crippen LogP contribution in [-0.2, 0) is 28.5 Å². The maximum Gasteiger partial charge on any atom is 0.339 e. The lowest BCUT2D eigenvalue weighted by Gasteiger charge is -2.15. The lowest BCUT2D eigenvalue weighted by molar-refractivity contribution is -0.151. The highest BCUT2D eigenvalue weighted by molar-refractivity contribution is 6.03. The van der Waals surface area contributed by atoms with Gasteiger partial charge >= 0.3 is 23.9 Å². The second kappa shape index (κ2) is 14.2. The SMILES string of the molecule is CC(O)COC(=O)CCCCC(=O)OC(C)COC(=O)c1ccccc1C(=O)OC(C)C. The van der Waals surface area contributed by atoms with Crippen LogP contribution < -0.4 is 0 Å². The molecular formula is C23H32O9. The van der Waals surface area contributed by atoms with Gasteiger partial charge in [-0.3, -0.25) is 9.59 Å². The fourth-order valence-corrected chi connectivity index (χ4v) is 2.53. The first kappa shape index (κ1) is 27.1. The van der Waals surface area contributed by atoms with Crippen molar-refractivity contribution < 1.29 is 43.2 Å². The summed E-state index contributed by atoms with van der Waals surface area (Å²) in [7, 11) is 0. The summed E-state index contributed by atoms with van der Waals surface area (Å²) in [5, 5.41) is 9.05. The quantitative estimate of drug-likeness (QED) is 0.273. The molecule has 0 saturated carbocycles. The number of carbonyl (C=O) groups excluding carboxylic acids is 4. The van der Waals surface area contributed by atoms with Crippen molar-refractivity contribution in [3.05, 3.63) is 35.4 Å². The molecule has 1 N–H and O–H groups in total. The number of carbonyl (C=O) groups is 4. The van der Waals surface area contributed by atoms with Gasteiger partial charge in [-0.1, -0.05) is 12.1 Å². The molecule has 1 rings (SSSR count). The summed E-state index contributed by atoms with van der Waals surface area (Å²) in [4.78, 5) is 47.9. The summed E-state index contributed by atoms with van der Waals surface area (Å²) in [5.74, 6) is -2.26. The molecule has 0 aliphatic carbocycles. The molecule has 32 heavy (non-hydrogen) atoms. The minimum Gasteiger partial charge on any atom is -0.463 e. The molecule has 0 aliphatic heterocycles. The predicted molar refractivity (Wildman–Crippen MR) is 114 cm³/mol. The molecule has 0 aliphatic rings. The number of hydrogen-bond donors (Lipinski definition) is 1. The third-order valence-electron chi connectivity index (χ3n) is 3.99. The largest absolute Gasteiger partial charge is 0.463 e. The highest BCUT2D eigenvalue weighted by atomic mass is 16.6. The Morgan fingerprint density at radius 3 is 1.91 bits per heavy atom. The van der Waals surface area contributed by atoms with E-state index in [1.807, 2.05) is 0 Å². The van der Waals surface area contributed by atoms with Gasteiger partial charge in [0.2, 0.25) is 0 Å². The number of unbranched alkanes of at least 4 members (excludes halogenated alkanes) is 1. The van der Waals surface area contributed by atoms with E-state index in [1.165, 1.54) is 19.1 Å². The van der Waals surface area contributed by atoms with E-state index in [0.29, 0.717) is 12.8 Å². The fourth-order valence-electron chi connectivity index (χ4n) is 2.53. The highest BCUT2D eigenvalue weighted by Gasteiger charge is 2.21. The summed E-state index contributed by atoms with van der Waals surface area (Å²) in [6.07, 6.45) is -0.608. The average molecular weight is 453 g/mol. The van der Waals surface area contributed by atoms with Crippen LogP contribution in [0.15, 0.2) is 24.3 Å². The van der Waals surface area contributed by atoms with Crippen molar-refractivity contribution in [3.63, 3.8) is 0 Å². The number of benzene rings is 1. The van der Waals surface area contributed by atoms with Gasteiger partial charge in [0.25, 0.3) is 0 Å². The number of esters is 4. The van der Waals surface area contributed by atoms with E-state index in [2.05, 4.69) is 0 Å². The predicted octanol–water partition coefficient (Wildman–Crippen LogP) is 2.82. The van der Waals surface area contributed by atoms with E-state index in [9.17, 15) is 19.2 Å². The molecule has 0 aromatic heterocycles. The number of aliphatic hydroxyl groups excluding tert-OH is 1. The fraction of sp³-hybridized carbons (Fsp3) is 0.565. The third kappa shape index (κ3) is 10.9. The number of hydrogen-bond acceptors (Lipinski definition) is 9. The lowest BCUT2D eigenvalue weighted by atomic mass is 10.1. The summed E-state index contributed by atoms with van der Waals surface area (Å²) in [6.45, 7) is 6.28. The van der Waals surface area contributed by atoms with Crippen molar-refractivity contribution >= 4 is 23.9 Å². The molecule has 2 atom stereocenters. The standard InChI is InChI=1S/C23H32O9/c1-15(2)31-23(28)19-10-6-5-9-18(19)22(27)30-14-17(4)32-21(26)12-8-7-11-20(25)29-13-16(3)24/h5-6,9-10,15-17,24H,7-8,11-14H2,1-4H3. The Balaban J connectivity index is 2.38. The van der Waals surface area contributed by atoms with Gasteiger partial charge in [-0.05, 0) is 52.7 Å². The summed E-state index contributed by atoms with van der Waals surface area (Å²) in [6, 6.07) is 6.16. The Morgan fingerprint density at radius 2 is 1.34 bits per heavy atom. The van der Waals surface area contributed by atoms with Crippen LogP contribution in [0.5, 0.6) is 0 Å². The van der Waals surface area contributed by atoms with Gasteiger partial charge in [0.1, 0.15) is 19.3 Å². The topological polar surface area (TPSA) is 125 Å². The van der Waals surface area contributed by atoms with Crippen LogP contribution in [0, 0.1) is 0 Å². The van der Waals surface area contributed by atoms with Crippen molar-refractivity contribution in [3.8, 4) is 0 Å². The first-order chi connectivity index (χ1) is 15.1. The molecule has 2 unspecified atom stereocenters. The van der Waals surface area contributed by atoms with Crippen LogP contribution in [0.1, 0.15) is 74.1 Å². The second-order valence-corrected chi connectivity index (χ2v) is 7.64. The Bertz CT molecular complexity index is 770. The van der Waals surface area contributed by atoms with Gasteiger partial charge in [0, 0.05) is 12.8 Å². The van der Waals surface area contributed by atoms with E-state index in [-0.39, 0.29) is 43.3 Å². The van der Waals surface area contributed by atoms with E-state index >= 15 is 0 Å². The first-order valence-corrected chi connectivity index (χ1v) is 10.6. The van der Waals surface area contributed by atoms with Gasteiger partial charge in [-0.15, -0.1) is 0 Å². The molecule has 0 heterocycles. The van der Waals surface area contributed by atoms with Crippen LogP contribution in [0.25, 0.3) is 0 Å². The van der Waals surface area contributed by atoms with E-state index < -0.39 is 36.1 Å². The molecule has 9 nitrogen and oxygen atoms in total. The van der Waals surface area contributed by atoms with E-state index in [0.717, 1.165) is 0 Å².